The van der Waals surface area contributed by atoms with Crippen molar-refractivity contribution in [1.29, 1.82) is 0 Å². The van der Waals surface area contributed by atoms with Crippen LogP contribution < -0.4 is 0 Å². The van der Waals surface area contributed by atoms with Crippen molar-refractivity contribution in [3.63, 3.8) is 0 Å². The van der Waals surface area contributed by atoms with E-state index in [2.05, 4.69) is 72.8 Å². The number of rotatable bonds is 8. The number of benzene rings is 6. The van der Waals surface area contributed by atoms with Crippen molar-refractivity contribution in [2.45, 2.75) is 31.6 Å². The van der Waals surface area contributed by atoms with Crippen LogP contribution in [0.2, 0.25) is 0 Å². The van der Waals surface area contributed by atoms with E-state index in [1.54, 1.807) is 0 Å². The maximum atomic E-state index is 5.04. The smallest absolute Gasteiger partial charge is 0.164 e. The lowest BCUT2D eigenvalue weighted by Crippen LogP contribution is -2.08. The lowest BCUT2D eigenvalue weighted by molar-refractivity contribution is 0.420. The Labute approximate surface area is 321 Å². The molecule has 2 aliphatic carbocycles. The van der Waals surface area contributed by atoms with Crippen LogP contribution in [-0.4, -0.2) is 29.9 Å². The zero-order chi connectivity index (χ0) is 36.6. The molecule has 8 aromatic rings. The van der Waals surface area contributed by atoms with E-state index < -0.39 is 0 Å². The largest absolute Gasteiger partial charge is 0.208 e. The van der Waals surface area contributed by atoms with Crippen molar-refractivity contribution in [2.75, 3.05) is 0 Å². The summed E-state index contributed by atoms with van der Waals surface area (Å²) in [5.74, 6) is 6.21. The van der Waals surface area contributed by atoms with Crippen LogP contribution in [0.25, 0.3) is 79.5 Å². The minimum atomic E-state index is 0.597. The Morgan fingerprint density at radius 1 is 0.291 bits per heavy atom. The van der Waals surface area contributed by atoms with E-state index in [0.717, 1.165) is 50.8 Å². The molecule has 3 atom stereocenters. The van der Waals surface area contributed by atoms with Gasteiger partial charge in [-0.05, 0) is 53.7 Å². The molecule has 2 saturated carbocycles. The second-order valence-corrected chi connectivity index (χ2v) is 14.8. The third kappa shape index (κ3) is 6.72. The fourth-order valence-electron chi connectivity index (χ4n) is 8.44. The predicted octanol–water partition coefficient (Wildman–Crippen LogP) is 11.6. The molecule has 0 N–H and O–H groups in total. The predicted molar refractivity (Wildman–Crippen MR) is 219 cm³/mol. The normalized spacial score (nSPS) is 17.3. The molecule has 0 aliphatic heterocycles. The summed E-state index contributed by atoms with van der Waals surface area (Å²) >= 11 is 0. The zero-order valence-corrected chi connectivity index (χ0v) is 30.3. The van der Waals surface area contributed by atoms with Crippen molar-refractivity contribution in [3.05, 3.63) is 169 Å². The summed E-state index contributed by atoms with van der Waals surface area (Å²) in [5, 5.41) is 0. The minimum absolute atomic E-state index is 0.597. The van der Waals surface area contributed by atoms with Gasteiger partial charge in [0, 0.05) is 33.4 Å². The van der Waals surface area contributed by atoms with Gasteiger partial charge in [0.05, 0.1) is 0 Å². The van der Waals surface area contributed by atoms with E-state index in [9.17, 15) is 0 Å². The first-order valence-corrected chi connectivity index (χ1v) is 19.2. The molecule has 6 aromatic carbocycles. The molecular weight excluding hydrogens is 673 g/mol. The van der Waals surface area contributed by atoms with Crippen LogP contribution in [-0.2, 0) is 0 Å². The summed E-state index contributed by atoms with van der Waals surface area (Å²) < 4.78 is 0. The standard InChI is InChI=1S/C49H38N6/c1-4-10-33(11-5-1)34-18-22-38(23-19-34)46-50-44(36-12-6-2-7-13-36)52-48(54-46)40-26-28-41(29-27-40)49-53-45(37-14-8-3-9-15-37)51-47(55-49)39-24-20-35(21-25-39)43-31-32-16-17-42(43)30-32/h1-15,18-29,32,42-43H,16-17,30-31H2. The zero-order valence-electron chi connectivity index (χ0n) is 30.3. The molecule has 6 nitrogen and oxygen atoms in total. The molecule has 2 fully saturated rings. The molecule has 6 heteroatoms. The van der Waals surface area contributed by atoms with E-state index in [-0.39, 0.29) is 0 Å². The van der Waals surface area contributed by atoms with Crippen LogP contribution in [0.5, 0.6) is 0 Å². The molecule has 2 aromatic heterocycles. The van der Waals surface area contributed by atoms with Crippen molar-refractivity contribution in [3.8, 4) is 79.5 Å². The highest BCUT2D eigenvalue weighted by atomic mass is 15.0. The summed E-state index contributed by atoms with van der Waals surface area (Å²) in [6.07, 6.45) is 5.51. The number of nitrogens with zero attached hydrogens (tertiary/aromatic N) is 6. The summed E-state index contributed by atoms with van der Waals surface area (Å²) in [6, 6.07) is 56.1. The molecule has 0 saturated heterocycles. The van der Waals surface area contributed by atoms with Gasteiger partial charge in [0.15, 0.2) is 34.9 Å². The Morgan fingerprint density at radius 3 is 0.945 bits per heavy atom. The lowest BCUT2D eigenvalue weighted by Gasteiger charge is -2.22. The van der Waals surface area contributed by atoms with Crippen LogP contribution in [0.15, 0.2) is 164 Å². The van der Waals surface area contributed by atoms with Gasteiger partial charge >= 0.3 is 0 Å². The Hall–Kier alpha value is -6.66. The number of hydrogen-bond acceptors (Lipinski definition) is 6. The van der Waals surface area contributed by atoms with Gasteiger partial charge in [-0.3, -0.25) is 0 Å². The third-order valence-electron chi connectivity index (χ3n) is 11.3. The number of fused-ring (bicyclic) bond motifs is 2. The second-order valence-electron chi connectivity index (χ2n) is 14.8. The van der Waals surface area contributed by atoms with Gasteiger partial charge in [0.25, 0.3) is 0 Å². The Morgan fingerprint density at radius 2 is 0.600 bits per heavy atom. The topological polar surface area (TPSA) is 77.3 Å². The van der Waals surface area contributed by atoms with Crippen molar-refractivity contribution < 1.29 is 0 Å². The molecule has 2 heterocycles. The van der Waals surface area contributed by atoms with Crippen LogP contribution in [0.3, 0.4) is 0 Å². The first-order valence-electron chi connectivity index (χ1n) is 19.2. The van der Waals surface area contributed by atoms with Gasteiger partial charge in [-0.1, -0.05) is 170 Å². The molecule has 0 amide bonds. The molecule has 2 bridgehead atoms. The summed E-state index contributed by atoms with van der Waals surface area (Å²) in [7, 11) is 0. The first kappa shape index (κ1) is 32.9. The van der Waals surface area contributed by atoms with Gasteiger partial charge in [0.2, 0.25) is 0 Å². The summed E-state index contributed by atoms with van der Waals surface area (Å²) in [4.78, 5) is 29.9. The van der Waals surface area contributed by atoms with Crippen LogP contribution >= 0.6 is 0 Å². The van der Waals surface area contributed by atoms with Gasteiger partial charge in [-0.25, -0.2) is 29.9 Å². The second kappa shape index (κ2) is 14.3. The number of hydrogen-bond donors (Lipinski definition) is 0. The van der Waals surface area contributed by atoms with Gasteiger partial charge in [-0.2, -0.15) is 0 Å². The molecule has 55 heavy (non-hydrogen) atoms. The molecular formula is C49H38N6. The van der Waals surface area contributed by atoms with Crippen molar-refractivity contribution >= 4 is 0 Å². The average molecular weight is 711 g/mol. The Kier molecular flexibility index (Phi) is 8.56. The van der Waals surface area contributed by atoms with E-state index >= 15 is 0 Å². The van der Waals surface area contributed by atoms with E-state index in [1.807, 2.05) is 91.0 Å². The molecule has 3 unspecified atom stereocenters. The summed E-state index contributed by atoms with van der Waals surface area (Å²) in [6.45, 7) is 0. The van der Waals surface area contributed by atoms with Gasteiger partial charge in [-0.15, -0.1) is 0 Å². The maximum Gasteiger partial charge on any atom is 0.164 e. The van der Waals surface area contributed by atoms with Gasteiger partial charge in [0.1, 0.15) is 0 Å². The first-order chi connectivity index (χ1) is 27.2. The highest BCUT2D eigenvalue weighted by molar-refractivity contribution is 5.72. The molecule has 0 spiro atoms. The highest BCUT2D eigenvalue weighted by Gasteiger charge is 2.40. The monoisotopic (exact) mass is 710 g/mol. The van der Waals surface area contributed by atoms with Gasteiger partial charge < -0.3 is 0 Å². The van der Waals surface area contributed by atoms with E-state index in [1.165, 1.54) is 36.8 Å². The Balaban J connectivity index is 0.997. The quantitative estimate of drug-likeness (QED) is 0.156. The number of aromatic nitrogens is 6. The summed E-state index contributed by atoms with van der Waals surface area (Å²) in [5.41, 5.74) is 9.31. The van der Waals surface area contributed by atoms with Crippen LogP contribution in [0.4, 0.5) is 0 Å². The molecule has 264 valence electrons. The van der Waals surface area contributed by atoms with E-state index in [0.29, 0.717) is 40.9 Å². The van der Waals surface area contributed by atoms with Crippen molar-refractivity contribution in [2.24, 2.45) is 11.8 Å². The van der Waals surface area contributed by atoms with Crippen LogP contribution in [0.1, 0.15) is 37.2 Å². The SMILES string of the molecule is c1ccc(-c2ccc(-c3nc(-c4ccccc4)nc(-c4ccc(-c5nc(-c6ccccc6)nc(-c6ccc(C7CC8CCC7C8)cc6)n5)cc4)n3)cc2)cc1. The minimum Gasteiger partial charge on any atom is -0.208 e. The molecule has 10 rings (SSSR count). The Bertz CT molecular complexity index is 2570. The van der Waals surface area contributed by atoms with Crippen molar-refractivity contribution in [1.82, 2.24) is 29.9 Å². The maximum absolute atomic E-state index is 5.04. The average Bonchev–Trinajstić information content (AvgIpc) is 3.92. The van der Waals surface area contributed by atoms with E-state index in [4.69, 9.17) is 29.9 Å². The lowest BCUT2D eigenvalue weighted by atomic mass is 9.83. The third-order valence-corrected chi connectivity index (χ3v) is 11.3. The fourth-order valence-corrected chi connectivity index (χ4v) is 8.44. The van der Waals surface area contributed by atoms with Crippen LogP contribution in [0, 0.1) is 11.8 Å². The highest BCUT2D eigenvalue weighted by Crippen LogP contribution is 2.53. The molecule has 2 aliphatic rings. The fraction of sp³-hybridized carbons (Fsp3) is 0.143. The molecule has 0 radical (unpaired) electrons.